The van der Waals surface area contributed by atoms with Gasteiger partial charge in [0, 0.05) is 5.56 Å². The van der Waals surface area contributed by atoms with Crippen LogP contribution in [0, 0.1) is 116 Å². The van der Waals surface area contributed by atoms with E-state index >= 15 is 35.1 Å². The SMILES string of the molecule is C[S+](C)Cc1ccc(C(C)(C)C)cc1.Fc1c(F)c(F)c([B-](c2c(F)c(F)c(F)c(F)c2F)(c2c(F)c(F)c(F)c(F)c2F)c2c(F)c(F)c(F)c(F)c2F)c(F)c1F. The molecule has 59 heavy (non-hydrogen) atoms. The second-order valence-electron chi connectivity index (χ2n) is 13.9. The highest BCUT2D eigenvalue weighted by Gasteiger charge is 2.52. The topological polar surface area (TPSA) is 0 Å². The van der Waals surface area contributed by atoms with E-state index < -0.39 is 144 Å². The molecule has 0 radical (unpaired) electrons. The Morgan fingerprint density at radius 2 is 0.525 bits per heavy atom. The number of rotatable bonds is 6. The number of benzene rings is 5. The third-order valence-electron chi connectivity index (χ3n) is 8.98. The molecule has 0 atom stereocenters. The third kappa shape index (κ3) is 7.60. The lowest BCUT2D eigenvalue weighted by Gasteiger charge is -2.44. The van der Waals surface area contributed by atoms with Crippen LogP contribution in [-0.2, 0) is 22.1 Å². The minimum absolute atomic E-state index is 0.276. The Bertz CT molecular complexity index is 2100. The molecule has 5 rings (SSSR count). The Balaban J connectivity index is 0.000000464. The number of halogens is 20. The van der Waals surface area contributed by atoms with Crippen molar-refractivity contribution in [3.8, 4) is 0 Å². The zero-order valence-corrected chi connectivity index (χ0v) is 30.9. The smallest absolute Gasteiger partial charge is 0.200 e. The molecule has 0 nitrogen and oxygen atoms in total. The fourth-order valence-corrected chi connectivity index (χ4v) is 7.17. The van der Waals surface area contributed by atoms with Crippen molar-refractivity contribution < 1.29 is 87.8 Å². The highest BCUT2D eigenvalue weighted by molar-refractivity contribution is 7.94. The van der Waals surface area contributed by atoms with Crippen molar-refractivity contribution >= 4 is 38.9 Å². The molecule has 0 spiro atoms. The molecule has 318 valence electrons. The van der Waals surface area contributed by atoms with Crippen LogP contribution >= 0.6 is 0 Å². The summed E-state index contributed by atoms with van der Waals surface area (Å²) >= 11 is 0. The van der Waals surface area contributed by atoms with E-state index in [1.807, 2.05) is 0 Å². The first-order valence-electron chi connectivity index (χ1n) is 16.0. The van der Waals surface area contributed by atoms with Gasteiger partial charge in [0.2, 0.25) is 0 Å². The predicted molar refractivity (Wildman–Crippen MR) is 177 cm³/mol. The summed E-state index contributed by atoms with van der Waals surface area (Å²) in [7, 11) is 0.506. The first-order chi connectivity index (χ1) is 27.1. The zero-order valence-electron chi connectivity index (χ0n) is 30.1. The van der Waals surface area contributed by atoms with Crippen LogP contribution in [0.4, 0.5) is 87.8 Å². The van der Waals surface area contributed by atoms with Gasteiger partial charge in [-0.2, -0.15) is 0 Å². The number of hydrogen-bond acceptors (Lipinski definition) is 0. The summed E-state index contributed by atoms with van der Waals surface area (Å²) in [6.07, 6.45) is -2.64. The van der Waals surface area contributed by atoms with Gasteiger partial charge >= 0.3 is 0 Å². The van der Waals surface area contributed by atoms with Crippen molar-refractivity contribution in [3.63, 3.8) is 0 Å². The van der Waals surface area contributed by atoms with E-state index in [0.29, 0.717) is 10.9 Å². The molecule has 0 aliphatic heterocycles. The third-order valence-corrected chi connectivity index (χ3v) is 9.89. The van der Waals surface area contributed by atoms with Gasteiger partial charge in [0.25, 0.3) is 0 Å². The Hall–Kier alpha value is -4.89. The minimum atomic E-state index is -7.22. The summed E-state index contributed by atoms with van der Waals surface area (Å²) in [6.45, 7) is 6.77. The molecule has 0 N–H and O–H groups in total. The number of hydrogen-bond donors (Lipinski definition) is 0. The molecule has 5 aromatic carbocycles. The zero-order chi connectivity index (χ0) is 45.1. The summed E-state index contributed by atoms with van der Waals surface area (Å²) in [4.78, 5) is 0. The molecular formula is C37H21BF20S. The molecule has 0 aliphatic rings. The van der Waals surface area contributed by atoms with Gasteiger partial charge in [0.15, 0.2) is 69.8 Å². The van der Waals surface area contributed by atoms with E-state index in [-0.39, 0.29) is 5.41 Å². The first-order valence-corrected chi connectivity index (χ1v) is 18.2. The lowest BCUT2D eigenvalue weighted by atomic mass is 9.12. The molecule has 0 bridgehead atoms. The summed E-state index contributed by atoms with van der Waals surface area (Å²) < 4.78 is 294. The van der Waals surface area contributed by atoms with Gasteiger partial charge in [-0.05, 0) is 21.9 Å². The normalized spacial score (nSPS) is 12.0. The molecule has 5 aromatic rings. The van der Waals surface area contributed by atoms with Crippen molar-refractivity contribution in [2.45, 2.75) is 31.9 Å². The van der Waals surface area contributed by atoms with Gasteiger partial charge < -0.3 is 0 Å². The van der Waals surface area contributed by atoms with Gasteiger partial charge in [-0.15, -0.1) is 21.9 Å². The van der Waals surface area contributed by atoms with Crippen molar-refractivity contribution in [3.05, 3.63) is 152 Å². The summed E-state index contributed by atoms with van der Waals surface area (Å²) in [5.74, 6) is -70.2. The molecule has 22 heteroatoms. The van der Waals surface area contributed by atoms with Crippen LogP contribution in [0.15, 0.2) is 24.3 Å². The predicted octanol–water partition coefficient (Wildman–Crippen LogP) is 9.21. The molecule has 0 unspecified atom stereocenters. The molecule has 0 saturated carbocycles. The molecule has 0 heterocycles. The average molecular weight is 888 g/mol. The Labute approximate surface area is 322 Å². The second kappa shape index (κ2) is 16.6. The molecule has 0 aromatic heterocycles. The summed E-state index contributed by atoms with van der Waals surface area (Å²) in [5.41, 5.74) is -11.2. The maximum Gasteiger partial charge on any atom is 0.200 e. The Morgan fingerprint density at radius 3 is 0.695 bits per heavy atom. The molecule has 0 aliphatic carbocycles. The van der Waals surface area contributed by atoms with Gasteiger partial charge in [-0.25, -0.2) is 87.8 Å². The first kappa shape index (κ1) is 46.8. The Morgan fingerprint density at radius 1 is 0.339 bits per heavy atom. The van der Waals surface area contributed by atoms with Crippen LogP contribution < -0.4 is 21.9 Å². The van der Waals surface area contributed by atoms with Crippen LogP contribution in [0.25, 0.3) is 0 Å². The minimum Gasteiger partial charge on any atom is -0.207 e. The maximum absolute atomic E-state index is 15.4. The Kier molecular flexibility index (Phi) is 13.2. The lowest BCUT2D eigenvalue weighted by Crippen LogP contribution is -2.81. The average Bonchev–Trinajstić information content (AvgIpc) is 3.17. The molecule has 0 saturated heterocycles. The monoisotopic (exact) mass is 888 g/mol. The van der Waals surface area contributed by atoms with Gasteiger partial charge in [0.1, 0.15) is 58.4 Å². The lowest BCUT2D eigenvalue weighted by molar-refractivity contribution is 0.378. The van der Waals surface area contributed by atoms with Crippen molar-refractivity contribution in [1.29, 1.82) is 0 Å². The van der Waals surface area contributed by atoms with Gasteiger partial charge in [-0.1, -0.05) is 45.0 Å². The fourth-order valence-electron chi connectivity index (χ4n) is 6.31. The van der Waals surface area contributed by atoms with Crippen LogP contribution in [0.3, 0.4) is 0 Å². The largest absolute Gasteiger partial charge is 0.207 e. The van der Waals surface area contributed by atoms with E-state index in [4.69, 9.17) is 0 Å². The van der Waals surface area contributed by atoms with E-state index in [2.05, 4.69) is 57.5 Å². The van der Waals surface area contributed by atoms with Crippen LogP contribution in [0.2, 0.25) is 0 Å². The van der Waals surface area contributed by atoms with E-state index in [0.717, 1.165) is 0 Å². The van der Waals surface area contributed by atoms with E-state index in [1.165, 1.54) is 16.9 Å². The van der Waals surface area contributed by atoms with Gasteiger partial charge in [-0.3, -0.25) is 0 Å². The fraction of sp³-hybridized carbons (Fsp3) is 0.189. The highest BCUT2D eigenvalue weighted by atomic mass is 32.2. The molecular weight excluding hydrogens is 867 g/mol. The van der Waals surface area contributed by atoms with Crippen LogP contribution in [0.1, 0.15) is 31.9 Å². The maximum atomic E-state index is 15.4. The van der Waals surface area contributed by atoms with Gasteiger partial charge in [0.05, 0.1) is 12.5 Å². The van der Waals surface area contributed by atoms with Crippen molar-refractivity contribution in [1.82, 2.24) is 0 Å². The highest BCUT2D eigenvalue weighted by Crippen LogP contribution is 2.31. The quantitative estimate of drug-likeness (QED) is 0.0525. The molecule has 0 fully saturated rings. The van der Waals surface area contributed by atoms with Crippen LogP contribution in [-0.4, -0.2) is 18.7 Å². The summed E-state index contributed by atoms with van der Waals surface area (Å²) in [6, 6.07) is 9.07. The van der Waals surface area contributed by atoms with Crippen molar-refractivity contribution in [2.75, 3.05) is 12.5 Å². The van der Waals surface area contributed by atoms with Crippen molar-refractivity contribution in [2.24, 2.45) is 0 Å². The second-order valence-corrected chi connectivity index (χ2v) is 16.1. The van der Waals surface area contributed by atoms with Crippen LogP contribution in [0.5, 0.6) is 0 Å². The van der Waals surface area contributed by atoms with E-state index in [9.17, 15) is 52.7 Å². The standard InChI is InChI=1S/C24BF20.C13H21S/c26-5-1(6(27)14(35)21(42)13(5)34)25(2-7(28)15(36)22(43)16(37)8(2)29,3-9(30)17(38)23(44)18(39)10(3)31)4-11(32)19(40)24(45)20(41)12(4)33;1-13(2,3)12-8-6-11(7-9-12)10-14(4)5/h;6-9H,10H2,1-5H3/q-1;+1. The summed E-state index contributed by atoms with van der Waals surface area (Å²) in [5, 5.41) is 0. The van der Waals surface area contributed by atoms with E-state index in [1.54, 1.807) is 0 Å². The molecule has 0 amide bonds.